The number of hydrogen-bond donors (Lipinski definition) is 0. The third-order valence-electron chi connectivity index (χ3n) is 1.42. The van der Waals surface area contributed by atoms with E-state index in [9.17, 15) is 0 Å². The highest BCUT2D eigenvalue weighted by Crippen LogP contribution is 2.17. The molecule has 0 heterocycles. The molecule has 0 bridgehead atoms. The lowest BCUT2D eigenvalue weighted by atomic mass is 10.2. The summed E-state index contributed by atoms with van der Waals surface area (Å²) in [6.45, 7) is 0.268. The first kappa shape index (κ1) is 8.08. The second-order valence-electron chi connectivity index (χ2n) is 2.10. The third kappa shape index (κ3) is 1.95. The van der Waals surface area contributed by atoms with Gasteiger partial charge in [-0.15, -0.1) is 0 Å². The van der Waals surface area contributed by atoms with Gasteiger partial charge >= 0.3 is 0 Å². The Kier molecular flexibility index (Phi) is 2.93. The van der Waals surface area contributed by atoms with E-state index in [0.717, 1.165) is 11.3 Å². The monoisotopic (exact) mass is 149 g/mol. The van der Waals surface area contributed by atoms with Crippen LogP contribution in [0.4, 0.5) is 0 Å². The van der Waals surface area contributed by atoms with Gasteiger partial charge in [0.05, 0.1) is 13.7 Å². The highest BCUT2D eigenvalue weighted by atomic mass is 16.5. The molecule has 1 aromatic carbocycles. The van der Waals surface area contributed by atoms with E-state index >= 15 is 0 Å². The summed E-state index contributed by atoms with van der Waals surface area (Å²) in [5, 5.41) is 0. The molecular weight excluding hydrogens is 140 g/mol. The molecule has 1 rings (SSSR count). The molecule has 0 spiro atoms. The standard InChI is InChI=1S/C9H9O2/c1-10-7-8-5-3-4-6-9(8)11-2/h3-6H,7H2,2H3. The minimum atomic E-state index is 0.268. The highest BCUT2D eigenvalue weighted by molar-refractivity contribution is 5.32. The minimum absolute atomic E-state index is 0.268. The van der Waals surface area contributed by atoms with Crippen LogP contribution in [0.1, 0.15) is 5.56 Å². The van der Waals surface area contributed by atoms with E-state index in [1.807, 2.05) is 24.3 Å². The van der Waals surface area contributed by atoms with E-state index in [1.165, 1.54) is 0 Å². The molecule has 2 heteroatoms. The first-order valence-electron chi connectivity index (χ1n) is 3.29. The van der Waals surface area contributed by atoms with Crippen LogP contribution in [0.15, 0.2) is 24.3 Å². The van der Waals surface area contributed by atoms with Crippen molar-refractivity contribution in [1.82, 2.24) is 0 Å². The van der Waals surface area contributed by atoms with Gasteiger partial charge < -0.3 is 9.47 Å². The van der Waals surface area contributed by atoms with Gasteiger partial charge in [0.25, 0.3) is 0 Å². The summed E-state index contributed by atoms with van der Waals surface area (Å²) in [5.74, 6) is 0.764. The van der Waals surface area contributed by atoms with Crippen molar-refractivity contribution in [2.24, 2.45) is 0 Å². The molecule has 11 heavy (non-hydrogen) atoms. The smallest absolute Gasteiger partial charge is 0.174 e. The van der Waals surface area contributed by atoms with Crippen LogP contribution in [0.25, 0.3) is 0 Å². The van der Waals surface area contributed by atoms with Crippen LogP contribution in [-0.2, 0) is 11.3 Å². The van der Waals surface area contributed by atoms with Crippen molar-refractivity contribution in [3.8, 4) is 5.75 Å². The second kappa shape index (κ2) is 3.98. The summed E-state index contributed by atoms with van der Waals surface area (Å²) in [6, 6.07) is 7.48. The summed E-state index contributed by atoms with van der Waals surface area (Å²) in [5.41, 5.74) is 0.894. The lowest BCUT2D eigenvalue weighted by Gasteiger charge is -2.05. The molecular formula is C9H9O2. The van der Waals surface area contributed by atoms with Gasteiger partial charge in [0.15, 0.2) is 7.11 Å². The quantitative estimate of drug-likeness (QED) is 0.652. The number of benzene rings is 1. The molecule has 0 aliphatic carbocycles. The van der Waals surface area contributed by atoms with E-state index in [1.54, 1.807) is 7.11 Å². The minimum Gasteiger partial charge on any atom is -0.496 e. The van der Waals surface area contributed by atoms with Gasteiger partial charge in [-0.05, 0) is 6.07 Å². The molecule has 2 nitrogen and oxygen atoms in total. The van der Waals surface area contributed by atoms with Gasteiger partial charge in [0.1, 0.15) is 5.75 Å². The van der Waals surface area contributed by atoms with Crippen molar-refractivity contribution >= 4 is 0 Å². The van der Waals surface area contributed by atoms with Crippen molar-refractivity contribution in [2.45, 2.75) is 6.61 Å². The molecule has 0 atom stereocenters. The molecule has 0 N–H and O–H groups in total. The fourth-order valence-electron chi connectivity index (χ4n) is 0.900. The molecule has 57 valence electrons. The van der Waals surface area contributed by atoms with Crippen LogP contribution in [0, 0.1) is 7.11 Å². The summed E-state index contributed by atoms with van der Waals surface area (Å²) in [4.78, 5) is 0. The first-order valence-corrected chi connectivity index (χ1v) is 3.29. The zero-order valence-electron chi connectivity index (χ0n) is 6.33. The molecule has 3 radical (unpaired) electrons. The predicted octanol–water partition coefficient (Wildman–Crippen LogP) is 1.76. The summed E-state index contributed by atoms with van der Waals surface area (Å²) in [6.07, 6.45) is 0. The van der Waals surface area contributed by atoms with Crippen LogP contribution in [0.5, 0.6) is 5.75 Å². The average molecular weight is 149 g/mol. The van der Waals surface area contributed by atoms with E-state index < -0.39 is 0 Å². The Morgan fingerprint density at radius 3 is 2.73 bits per heavy atom. The van der Waals surface area contributed by atoms with Crippen LogP contribution >= 0.6 is 0 Å². The van der Waals surface area contributed by atoms with Crippen molar-refractivity contribution in [2.75, 3.05) is 7.11 Å². The number of para-hydroxylation sites is 1. The third-order valence-corrected chi connectivity index (χ3v) is 1.42. The topological polar surface area (TPSA) is 18.5 Å². The highest BCUT2D eigenvalue weighted by Gasteiger charge is 1.98. The maximum atomic E-state index is 6.56. The lowest BCUT2D eigenvalue weighted by Crippen LogP contribution is -1.91. The second-order valence-corrected chi connectivity index (χ2v) is 2.10. The van der Waals surface area contributed by atoms with E-state index in [0.29, 0.717) is 0 Å². The van der Waals surface area contributed by atoms with Gasteiger partial charge in [-0.3, -0.25) is 0 Å². The van der Waals surface area contributed by atoms with Crippen molar-refractivity contribution < 1.29 is 9.47 Å². The lowest BCUT2D eigenvalue weighted by molar-refractivity contribution is 0.224. The number of hydrogen-bond acceptors (Lipinski definition) is 2. The molecule has 0 amide bonds. The average Bonchev–Trinajstić information content (AvgIpc) is 2.06. The Bertz CT molecular complexity index is 221. The fourth-order valence-corrected chi connectivity index (χ4v) is 0.900. The zero-order valence-corrected chi connectivity index (χ0v) is 6.33. The molecule has 0 aromatic heterocycles. The Hall–Kier alpha value is -1.02. The van der Waals surface area contributed by atoms with Gasteiger partial charge in [0.2, 0.25) is 0 Å². The van der Waals surface area contributed by atoms with Crippen molar-refractivity contribution in [3.63, 3.8) is 0 Å². The zero-order chi connectivity index (χ0) is 8.10. The predicted molar refractivity (Wildman–Crippen MR) is 41.0 cm³/mol. The van der Waals surface area contributed by atoms with Crippen LogP contribution in [0.2, 0.25) is 0 Å². The summed E-state index contributed by atoms with van der Waals surface area (Å²) < 4.78 is 9.27. The number of methoxy groups -OCH3 is 1. The maximum absolute atomic E-state index is 6.56. The molecule has 0 saturated heterocycles. The molecule has 0 aliphatic rings. The number of ether oxygens (including phenoxy) is 2. The normalized spacial score (nSPS) is 9.64. The Morgan fingerprint density at radius 1 is 1.36 bits per heavy atom. The van der Waals surface area contributed by atoms with Crippen LogP contribution in [0.3, 0.4) is 0 Å². The SMILES string of the molecule is [C]OCc1ccccc1OC. The fraction of sp³-hybridized carbons (Fsp3) is 0.222. The first-order chi connectivity index (χ1) is 5.38. The van der Waals surface area contributed by atoms with Gasteiger partial charge in [0, 0.05) is 5.56 Å². The largest absolute Gasteiger partial charge is 0.496 e. The van der Waals surface area contributed by atoms with Gasteiger partial charge in [-0.25, -0.2) is 0 Å². The van der Waals surface area contributed by atoms with Crippen LogP contribution in [-0.4, -0.2) is 7.11 Å². The summed E-state index contributed by atoms with van der Waals surface area (Å²) >= 11 is 0. The Morgan fingerprint density at radius 2 is 2.09 bits per heavy atom. The maximum Gasteiger partial charge on any atom is 0.174 e. The molecule has 0 unspecified atom stereocenters. The molecule has 0 saturated carbocycles. The Labute approximate surface area is 66.8 Å². The molecule has 0 fully saturated rings. The Balaban J connectivity index is 2.83. The van der Waals surface area contributed by atoms with Gasteiger partial charge in [-0.2, -0.15) is 0 Å². The summed E-state index contributed by atoms with van der Waals surface area (Å²) in [7, 11) is 8.16. The van der Waals surface area contributed by atoms with Crippen molar-refractivity contribution in [3.05, 3.63) is 36.9 Å². The van der Waals surface area contributed by atoms with Gasteiger partial charge in [-0.1, -0.05) is 18.2 Å². The molecule has 1 aromatic rings. The van der Waals surface area contributed by atoms with E-state index in [2.05, 4.69) is 4.74 Å². The number of rotatable bonds is 3. The van der Waals surface area contributed by atoms with Crippen LogP contribution < -0.4 is 4.74 Å². The van der Waals surface area contributed by atoms with Crippen molar-refractivity contribution in [1.29, 1.82) is 0 Å². The van der Waals surface area contributed by atoms with E-state index in [-0.39, 0.29) is 6.61 Å². The molecule has 0 aliphatic heterocycles. The van der Waals surface area contributed by atoms with E-state index in [4.69, 9.17) is 11.8 Å².